The number of hydrogen-bond donors (Lipinski definition) is 9. The number of unbranched alkanes of at least 4 members (excludes halogenated alkanes) is 4. The van der Waals surface area contributed by atoms with Crippen LogP contribution in [0.15, 0.2) is 72.8 Å². The molecule has 4 atom stereocenters. The summed E-state index contributed by atoms with van der Waals surface area (Å²) in [4.78, 5) is 86.1. The first-order valence-electron chi connectivity index (χ1n) is 28.1. The predicted octanol–water partition coefficient (Wildman–Crippen LogP) is 5.92. The molecule has 20 nitrogen and oxygen atoms in total. The molecule has 0 fully saturated rings. The van der Waals surface area contributed by atoms with Crippen molar-refractivity contribution >= 4 is 107 Å². The first-order valence-corrected chi connectivity index (χ1v) is 28.1. The van der Waals surface area contributed by atoms with E-state index in [1.54, 1.807) is 0 Å². The summed E-state index contributed by atoms with van der Waals surface area (Å²) >= 11 is 0. The molecule has 0 spiro atoms. The number of carbonyl (C=O) groups is 5. The SMILES string of the molecule is CC(=O)N[C@@H](CCCCNc1c2ccc(N(C)C)cc2nc2cc(N(C)C)ccc12)C(=O)N[C@@H](CCCCN)C(=O)N[C@@H](CCCCN)C(=O)N[C@@H](CCCCNc1c2ccc(N(C)C)cc2nc2cc(N(C)C)ccc12)C(N)=O. The van der Waals surface area contributed by atoms with Gasteiger partial charge in [0.25, 0.3) is 0 Å². The van der Waals surface area contributed by atoms with Gasteiger partial charge in [0.1, 0.15) is 24.2 Å². The van der Waals surface area contributed by atoms with Gasteiger partial charge in [-0.05, 0) is 163 Å². The number of benzene rings is 4. The van der Waals surface area contributed by atoms with E-state index in [9.17, 15) is 24.0 Å². The number of carbonyl (C=O) groups excluding carboxylic acids is 5. The van der Waals surface area contributed by atoms with Gasteiger partial charge in [0.15, 0.2) is 0 Å². The second kappa shape index (κ2) is 29.5. The van der Waals surface area contributed by atoms with Crippen molar-refractivity contribution in [2.24, 2.45) is 17.2 Å². The number of nitrogens with zero attached hydrogens (tertiary/aromatic N) is 6. The zero-order chi connectivity index (χ0) is 58.0. The van der Waals surface area contributed by atoms with Gasteiger partial charge in [-0.2, -0.15) is 0 Å². The van der Waals surface area contributed by atoms with Gasteiger partial charge in [-0.3, -0.25) is 24.0 Å². The van der Waals surface area contributed by atoms with Gasteiger partial charge in [0.2, 0.25) is 29.5 Å². The molecule has 5 amide bonds. The third-order valence-corrected chi connectivity index (χ3v) is 14.5. The molecular formula is C60H87N15O5. The Morgan fingerprint density at radius 2 is 0.713 bits per heavy atom. The highest BCUT2D eigenvalue weighted by Crippen LogP contribution is 2.36. The highest BCUT2D eigenvalue weighted by Gasteiger charge is 2.31. The van der Waals surface area contributed by atoms with Crippen molar-refractivity contribution < 1.29 is 24.0 Å². The Hall–Kier alpha value is -7.71. The van der Waals surface area contributed by atoms with E-state index in [0.717, 1.165) is 77.7 Å². The monoisotopic (exact) mass is 1100 g/mol. The number of aromatic nitrogens is 2. The minimum atomic E-state index is -1.06. The maximum absolute atomic E-state index is 14.3. The Morgan fingerprint density at radius 3 is 1.00 bits per heavy atom. The summed E-state index contributed by atoms with van der Waals surface area (Å²) in [5, 5.41) is 22.6. The zero-order valence-electron chi connectivity index (χ0n) is 48.5. The molecule has 80 heavy (non-hydrogen) atoms. The molecule has 432 valence electrons. The van der Waals surface area contributed by atoms with Gasteiger partial charge in [-0.1, -0.05) is 0 Å². The number of nitrogens with two attached hydrogens (primary N) is 3. The molecule has 6 rings (SSSR count). The van der Waals surface area contributed by atoms with E-state index in [1.165, 1.54) is 6.92 Å². The third kappa shape index (κ3) is 16.7. The van der Waals surface area contributed by atoms with Crippen LogP contribution in [-0.2, 0) is 24.0 Å². The molecule has 2 heterocycles. The summed E-state index contributed by atoms with van der Waals surface area (Å²) in [5.41, 5.74) is 27.1. The molecule has 12 N–H and O–H groups in total. The van der Waals surface area contributed by atoms with Crippen LogP contribution in [0.5, 0.6) is 0 Å². The number of hydrogen-bond acceptors (Lipinski definition) is 15. The maximum Gasteiger partial charge on any atom is 0.243 e. The Bertz CT molecular complexity index is 2960. The minimum Gasteiger partial charge on any atom is -0.384 e. The third-order valence-electron chi connectivity index (χ3n) is 14.5. The molecular weight excluding hydrogens is 1010 g/mol. The summed E-state index contributed by atoms with van der Waals surface area (Å²) in [6.07, 6.45) is 5.71. The molecule has 0 unspecified atom stereocenters. The van der Waals surface area contributed by atoms with Gasteiger partial charge < -0.3 is 68.7 Å². The van der Waals surface area contributed by atoms with E-state index in [4.69, 9.17) is 27.2 Å². The van der Waals surface area contributed by atoms with Crippen LogP contribution in [0.25, 0.3) is 43.6 Å². The highest BCUT2D eigenvalue weighted by atomic mass is 16.2. The van der Waals surface area contributed by atoms with Crippen molar-refractivity contribution in [1.29, 1.82) is 0 Å². The minimum absolute atomic E-state index is 0.232. The Morgan fingerprint density at radius 1 is 0.425 bits per heavy atom. The molecule has 0 radical (unpaired) electrons. The lowest BCUT2D eigenvalue weighted by Crippen LogP contribution is -2.58. The lowest BCUT2D eigenvalue weighted by molar-refractivity contribution is -0.134. The second-order valence-electron chi connectivity index (χ2n) is 21.6. The molecule has 0 saturated carbocycles. The van der Waals surface area contributed by atoms with E-state index in [1.807, 2.05) is 76.0 Å². The quantitative estimate of drug-likeness (QED) is 0.0175. The lowest BCUT2D eigenvalue weighted by atomic mass is 10.0. The number of pyridine rings is 2. The first kappa shape index (κ1) is 61.5. The smallest absolute Gasteiger partial charge is 0.243 e. The number of primary amides is 1. The zero-order valence-corrected chi connectivity index (χ0v) is 48.5. The van der Waals surface area contributed by atoms with Crippen LogP contribution < -0.4 is 68.7 Å². The molecule has 6 aromatic rings. The normalized spacial score (nSPS) is 12.8. The van der Waals surface area contributed by atoms with Crippen LogP contribution in [0.2, 0.25) is 0 Å². The van der Waals surface area contributed by atoms with Crippen LogP contribution in [0.3, 0.4) is 0 Å². The molecule has 4 aromatic carbocycles. The number of amides is 5. The Balaban J connectivity index is 1.08. The van der Waals surface area contributed by atoms with E-state index in [-0.39, 0.29) is 25.2 Å². The van der Waals surface area contributed by atoms with E-state index in [0.29, 0.717) is 84.0 Å². The summed E-state index contributed by atoms with van der Waals surface area (Å²) < 4.78 is 0. The average Bonchev–Trinajstić information content (AvgIpc) is 3.49. The summed E-state index contributed by atoms with van der Waals surface area (Å²) in [6.45, 7) is 3.27. The van der Waals surface area contributed by atoms with Crippen molar-refractivity contribution in [3.05, 3.63) is 72.8 Å². The Labute approximate surface area is 471 Å². The molecule has 0 aliphatic rings. The molecule has 2 aromatic heterocycles. The van der Waals surface area contributed by atoms with E-state index in [2.05, 4.69) is 105 Å². The van der Waals surface area contributed by atoms with Crippen molar-refractivity contribution in [3.63, 3.8) is 0 Å². The summed E-state index contributed by atoms with van der Waals surface area (Å²) in [6, 6.07) is 20.9. The van der Waals surface area contributed by atoms with Gasteiger partial charge in [0.05, 0.1) is 33.4 Å². The largest absolute Gasteiger partial charge is 0.384 e. The number of fused-ring (bicyclic) bond motifs is 4. The van der Waals surface area contributed by atoms with Crippen LogP contribution in [-0.4, -0.2) is 146 Å². The van der Waals surface area contributed by atoms with Gasteiger partial charge in [-0.25, -0.2) is 9.97 Å². The van der Waals surface area contributed by atoms with Gasteiger partial charge in [0, 0.05) is 121 Å². The fraction of sp³-hybridized carbons (Fsp3) is 0.483. The predicted molar refractivity (Wildman–Crippen MR) is 329 cm³/mol. The van der Waals surface area contributed by atoms with Crippen LogP contribution in [0.4, 0.5) is 34.1 Å². The van der Waals surface area contributed by atoms with E-state index >= 15 is 0 Å². The maximum atomic E-state index is 14.3. The van der Waals surface area contributed by atoms with Gasteiger partial charge >= 0.3 is 0 Å². The molecule has 0 aliphatic carbocycles. The van der Waals surface area contributed by atoms with Crippen molar-refractivity contribution in [2.75, 3.05) is 113 Å². The van der Waals surface area contributed by atoms with Crippen LogP contribution in [0, 0.1) is 0 Å². The van der Waals surface area contributed by atoms with E-state index < -0.39 is 47.8 Å². The summed E-state index contributed by atoms with van der Waals surface area (Å²) in [7, 11) is 16.0. The fourth-order valence-corrected chi connectivity index (χ4v) is 9.85. The molecule has 0 saturated heterocycles. The topological polar surface area (TPSA) is 274 Å². The lowest BCUT2D eigenvalue weighted by Gasteiger charge is -2.26. The molecule has 0 bridgehead atoms. The number of anilines is 6. The number of nitrogens with one attached hydrogen (secondary N) is 6. The fourth-order valence-electron chi connectivity index (χ4n) is 9.85. The second-order valence-corrected chi connectivity index (χ2v) is 21.6. The van der Waals surface area contributed by atoms with Crippen molar-refractivity contribution in [1.82, 2.24) is 31.2 Å². The van der Waals surface area contributed by atoms with Crippen LogP contribution in [0.1, 0.15) is 84.0 Å². The van der Waals surface area contributed by atoms with Crippen molar-refractivity contribution in [2.45, 2.75) is 108 Å². The standard InChI is InChI=1S/C60H87N15O5/c1-38(76)66-48(21-13-17-33-65-56-45-28-24-41(74(6)7)36-53(45)68-54-37-42(75(8)9)25-29-46(54)56)58(78)70-50(20-11-15-31-62)60(80)71-49(19-10-14-30-61)59(79)69-47(57(63)77)18-12-16-32-64-55-43-26-22-39(72(2)3)34-51(43)67-52-35-40(73(4)5)23-27-44(52)55/h22-29,34-37,47-50H,10-21,30-33,61-62H2,1-9H3,(H2,63,77)(H,64,67)(H,65,68)(H,66,76)(H,69,79)(H,70,78)(H,71,80)/t47-,48-,49-,50-/m0/s1. The highest BCUT2D eigenvalue weighted by molar-refractivity contribution is 6.10. The van der Waals surface area contributed by atoms with Crippen molar-refractivity contribution in [3.8, 4) is 0 Å². The average molecular weight is 1100 g/mol. The summed E-state index contributed by atoms with van der Waals surface area (Å²) in [5.74, 6) is -2.74. The Kier molecular flexibility index (Phi) is 22.7. The first-order chi connectivity index (χ1) is 38.3. The molecule has 0 aliphatic heterocycles. The molecule has 20 heteroatoms. The van der Waals surface area contributed by atoms with Gasteiger partial charge in [-0.15, -0.1) is 0 Å². The number of rotatable bonds is 32. The van der Waals surface area contributed by atoms with Crippen LogP contribution >= 0.6 is 0 Å².